The van der Waals surface area contributed by atoms with Gasteiger partial charge in [-0.05, 0) is 102 Å². The van der Waals surface area contributed by atoms with Crippen LogP contribution < -0.4 is 0 Å². The van der Waals surface area contributed by atoms with E-state index in [0.29, 0.717) is 24.3 Å². The van der Waals surface area contributed by atoms with Crippen LogP contribution in [-0.4, -0.2) is 33.1 Å². The van der Waals surface area contributed by atoms with E-state index in [1.807, 2.05) is 13.8 Å². The maximum Gasteiger partial charge on any atom is 0.0809 e. The molecule has 3 saturated carbocycles. The molecule has 3 fully saturated rings. The first-order valence-corrected chi connectivity index (χ1v) is 11.9. The van der Waals surface area contributed by atoms with Crippen molar-refractivity contribution in [3.8, 4) is 0 Å². The fraction of sp³-hybridized carbons (Fsp3) is 0.704. The third-order valence-corrected chi connectivity index (χ3v) is 7.91. The molecular formula is C27H42O3Y3. The average Bonchev–Trinajstić information content (AvgIpc) is 3.00. The Balaban J connectivity index is 0.00000341. The first-order chi connectivity index (χ1) is 14.0. The van der Waals surface area contributed by atoms with Gasteiger partial charge in [-0.1, -0.05) is 47.9 Å². The fourth-order valence-corrected chi connectivity index (χ4v) is 6.12. The molecule has 4 atom stereocenters. The fourth-order valence-electron chi connectivity index (χ4n) is 6.12. The number of hydrogen-bond donors (Lipinski definition) is 3. The minimum absolute atomic E-state index is 0. The Bertz CT molecular complexity index is 747. The van der Waals surface area contributed by atoms with Crippen LogP contribution in [0.3, 0.4) is 0 Å². The van der Waals surface area contributed by atoms with Crippen molar-refractivity contribution in [2.45, 2.75) is 110 Å². The first kappa shape index (κ1) is 35.2. The molecule has 0 aromatic carbocycles. The molecule has 177 valence electrons. The summed E-state index contributed by atoms with van der Waals surface area (Å²) in [5.41, 5.74) is 6.12. The number of aliphatic hydroxyl groups is 3. The molecule has 3 radical (unpaired) electrons. The van der Waals surface area contributed by atoms with E-state index in [1.165, 1.54) is 25.7 Å². The maximum absolute atomic E-state index is 10.1. The second-order valence-corrected chi connectivity index (χ2v) is 10.9. The largest absolute Gasteiger partial charge is 0.390 e. The average molecular weight is 681 g/mol. The number of allylic oxidation sites excluding steroid dienone is 5. The van der Waals surface area contributed by atoms with Gasteiger partial charge >= 0.3 is 0 Å². The van der Waals surface area contributed by atoms with Gasteiger partial charge in [0.05, 0.1) is 17.8 Å². The zero-order valence-corrected chi connectivity index (χ0v) is 29.8. The second kappa shape index (κ2) is 14.9. The van der Waals surface area contributed by atoms with Crippen LogP contribution >= 0.6 is 0 Å². The number of rotatable bonds is 5. The van der Waals surface area contributed by atoms with Crippen LogP contribution in [0.5, 0.6) is 0 Å². The molecule has 6 heteroatoms. The van der Waals surface area contributed by atoms with Gasteiger partial charge < -0.3 is 15.3 Å². The van der Waals surface area contributed by atoms with Gasteiger partial charge in [0.25, 0.3) is 0 Å². The smallest absolute Gasteiger partial charge is 0.0809 e. The zero-order chi connectivity index (χ0) is 22.1. The van der Waals surface area contributed by atoms with Crippen LogP contribution in [0.2, 0.25) is 0 Å². The van der Waals surface area contributed by atoms with Gasteiger partial charge in [0.1, 0.15) is 0 Å². The third kappa shape index (κ3) is 9.14. The standard InChI is InChI=1S/C27H42O3.3Y/c1-18(8-6-14-26(3,4)30)22-12-13-23-21(9-7-15-27(22,23)5)11-10-20-16-24(28)19(2)25(29)17-20;;;/h10-11,23-25,28-30H,2,6-9,12-17H2,1,3-5H3;;;/b21-11+,22-18+;;;/t23?,24-,25-,27-;;;/m1.../s1. The van der Waals surface area contributed by atoms with E-state index in [9.17, 15) is 15.3 Å². The van der Waals surface area contributed by atoms with Crippen LogP contribution in [0, 0.1) is 11.3 Å². The quantitative estimate of drug-likeness (QED) is 0.324. The minimum atomic E-state index is -0.623. The zero-order valence-electron chi connectivity index (χ0n) is 21.2. The molecule has 1 unspecified atom stereocenters. The molecule has 0 heterocycles. The van der Waals surface area contributed by atoms with Gasteiger partial charge in [-0.25, -0.2) is 0 Å². The van der Waals surface area contributed by atoms with E-state index in [4.69, 9.17) is 0 Å². The third-order valence-electron chi connectivity index (χ3n) is 7.91. The van der Waals surface area contributed by atoms with Gasteiger partial charge in [-0.2, -0.15) is 0 Å². The van der Waals surface area contributed by atoms with Crippen LogP contribution in [0.25, 0.3) is 0 Å². The van der Waals surface area contributed by atoms with Crippen LogP contribution in [-0.2, 0) is 98.1 Å². The van der Waals surface area contributed by atoms with Crippen LogP contribution in [0.15, 0.2) is 46.6 Å². The summed E-state index contributed by atoms with van der Waals surface area (Å²) in [5, 5.41) is 30.3. The molecule has 0 aromatic heterocycles. The van der Waals surface area contributed by atoms with E-state index >= 15 is 0 Å². The summed E-state index contributed by atoms with van der Waals surface area (Å²) in [6.07, 6.45) is 13.5. The van der Waals surface area contributed by atoms with Crippen molar-refractivity contribution >= 4 is 0 Å². The molecule has 3 aliphatic carbocycles. The van der Waals surface area contributed by atoms with Gasteiger partial charge in [-0.15, -0.1) is 0 Å². The molecule has 0 aliphatic heterocycles. The molecule has 0 spiro atoms. The molecule has 0 saturated heterocycles. The van der Waals surface area contributed by atoms with Crippen molar-refractivity contribution in [1.82, 2.24) is 0 Å². The summed E-state index contributed by atoms with van der Waals surface area (Å²) in [4.78, 5) is 0. The van der Waals surface area contributed by atoms with Crippen molar-refractivity contribution in [3.05, 3.63) is 46.6 Å². The molecule has 3 nitrogen and oxygen atoms in total. The van der Waals surface area contributed by atoms with Crippen molar-refractivity contribution in [1.29, 1.82) is 0 Å². The summed E-state index contributed by atoms with van der Waals surface area (Å²) in [6, 6.07) is 0. The van der Waals surface area contributed by atoms with E-state index in [2.05, 4.69) is 32.6 Å². The summed E-state index contributed by atoms with van der Waals surface area (Å²) >= 11 is 0. The van der Waals surface area contributed by atoms with Gasteiger partial charge in [0.2, 0.25) is 0 Å². The Morgan fingerprint density at radius 1 is 1.09 bits per heavy atom. The molecule has 3 N–H and O–H groups in total. The van der Waals surface area contributed by atoms with E-state index < -0.39 is 17.8 Å². The number of fused-ring (bicyclic) bond motifs is 1. The van der Waals surface area contributed by atoms with Crippen LogP contribution in [0.1, 0.15) is 91.9 Å². The maximum atomic E-state index is 10.1. The molecule has 3 aliphatic rings. The topological polar surface area (TPSA) is 60.7 Å². The predicted octanol–water partition coefficient (Wildman–Crippen LogP) is 5.76. The Hall–Kier alpha value is 2.15. The Labute approximate surface area is 277 Å². The molecule has 33 heavy (non-hydrogen) atoms. The number of aliphatic hydroxyl groups excluding tert-OH is 2. The Morgan fingerprint density at radius 3 is 2.27 bits per heavy atom. The molecule has 3 rings (SSSR count). The summed E-state index contributed by atoms with van der Waals surface area (Å²) in [7, 11) is 0. The number of hydrogen-bond acceptors (Lipinski definition) is 3. The Kier molecular flexibility index (Phi) is 15.9. The van der Waals surface area contributed by atoms with Crippen molar-refractivity contribution in [2.75, 3.05) is 0 Å². The van der Waals surface area contributed by atoms with Crippen LogP contribution in [0.4, 0.5) is 0 Å². The molecular weight excluding hydrogens is 639 g/mol. The van der Waals surface area contributed by atoms with E-state index in [0.717, 1.165) is 31.3 Å². The molecule has 0 bridgehead atoms. The molecule has 0 amide bonds. The molecule has 0 aromatic rings. The van der Waals surface area contributed by atoms with E-state index in [-0.39, 0.29) is 104 Å². The minimum Gasteiger partial charge on any atom is -0.390 e. The second-order valence-electron chi connectivity index (χ2n) is 10.9. The summed E-state index contributed by atoms with van der Waals surface area (Å²) < 4.78 is 0. The van der Waals surface area contributed by atoms with Crippen molar-refractivity contribution in [3.63, 3.8) is 0 Å². The van der Waals surface area contributed by atoms with E-state index in [1.54, 1.807) is 16.7 Å². The summed E-state index contributed by atoms with van der Waals surface area (Å²) in [6.45, 7) is 12.4. The predicted molar refractivity (Wildman–Crippen MR) is 124 cm³/mol. The van der Waals surface area contributed by atoms with Gasteiger partial charge in [0.15, 0.2) is 0 Å². The normalized spacial score (nSPS) is 32.3. The van der Waals surface area contributed by atoms with Gasteiger partial charge in [0, 0.05) is 98.1 Å². The SMILES string of the molecule is C=C1[C@H](O)CC(=C/C=C2\CCC[C@]3(C)/C(=C(\C)CCCC(C)(C)O)CCC23)C[C@H]1O.[Y].[Y].[Y]. The Morgan fingerprint density at radius 2 is 1.70 bits per heavy atom. The van der Waals surface area contributed by atoms with Gasteiger partial charge in [-0.3, -0.25) is 0 Å². The van der Waals surface area contributed by atoms with Crippen molar-refractivity contribution < 1.29 is 113 Å². The summed E-state index contributed by atoms with van der Waals surface area (Å²) in [5.74, 6) is 0.607. The first-order valence-electron chi connectivity index (χ1n) is 11.9. The monoisotopic (exact) mass is 681 g/mol. The van der Waals surface area contributed by atoms with Crippen molar-refractivity contribution in [2.24, 2.45) is 11.3 Å².